The van der Waals surface area contributed by atoms with Gasteiger partial charge in [-0.05, 0) is 31.4 Å². The van der Waals surface area contributed by atoms with Crippen LogP contribution in [0.4, 0.5) is 0 Å². The summed E-state index contributed by atoms with van der Waals surface area (Å²) in [7, 11) is 0. The number of carboxylic acid groups (broad SMARTS) is 1. The number of hydrogen-bond acceptors (Lipinski definition) is 3. The number of piperidine rings is 1. The summed E-state index contributed by atoms with van der Waals surface area (Å²) in [6, 6.07) is 6.34. The summed E-state index contributed by atoms with van der Waals surface area (Å²) < 4.78 is 5.34. The number of hydrogen-bond donors (Lipinski definition) is 1. The smallest absolute Gasteiger partial charge is 0.339 e. The molecule has 1 aliphatic heterocycles. The summed E-state index contributed by atoms with van der Waals surface area (Å²) in [6.45, 7) is 1.43. The molecule has 0 aliphatic carbocycles. The molecule has 1 saturated heterocycles. The predicted octanol–water partition coefficient (Wildman–Crippen LogP) is 1.78. The Kier molecular flexibility index (Phi) is 4.39. The first kappa shape index (κ1) is 13.4. The number of amides is 1. The van der Waals surface area contributed by atoms with Gasteiger partial charge in [0.1, 0.15) is 11.3 Å². The molecule has 1 aliphatic rings. The van der Waals surface area contributed by atoms with Crippen molar-refractivity contribution in [2.75, 3.05) is 19.7 Å². The summed E-state index contributed by atoms with van der Waals surface area (Å²) in [4.78, 5) is 24.7. The van der Waals surface area contributed by atoms with Crippen molar-refractivity contribution in [3.63, 3.8) is 0 Å². The number of aromatic carboxylic acids is 1. The lowest BCUT2D eigenvalue weighted by atomic mass is 10.1. The molecule has 0 spiro atoms. The Hall–Kier alpha value is -2.04. The van der Waals surface area contributed by atoms with Gasteiger partial charge in [-0.2, -0.15) is 0 Å². The van der Waals surface area contributed by atoms with E-state index in [4.69, 9.17) is 9.84 Å². The Labute approximate surface area is 111 Å². The van der Waals surface area contributed by atoms with Crippen LogP contribution in [0.5, 0.6) is 5.75 Å². The molecule has 0 saturated carbocycles. The highest BCUT2D eigenvalue weighted by atomic mass is 16.5. The van der Waals surface area contributed by atoms with E-state index in [1.807, 2.05) is 0 Å². The van der Waals surface area contributed by atoms with E-state index < -0.39 is 5.97 Å². The second kappa shape index (κ2) is 6.22. The Bertz CT molecular complexity index is 466. The zero-order chi connectivity index (χ0) is 13.7. The minimum atomic E-state index is -1.05. The summed E-state index contributed by atoms with van der Waals surface area (Å²) in [6.07, 6.45) is 3.21. The first-order valence-corrected chi connectivity index (χ1v) is 6.41. The van der Waals surface area contributed by atoms with E-state index in [2.05, 4.69) is 0 Å². The van der Waals surface area contributed by atoms with E-state index in [9.17, 15) is 9.59 Å². The first-order chi connectivity index (χ1) is 9.18. The van der Waals surface area contributed by atoms with E-state index in [-0.39, 0.29) is 23.8 Å². The van der Waals surface area contributed by atoms with Crippen molar-refractivity contribution in [2.45, 2.75) is 19.3 Å². The maximum atomic E-state index is 11.9. The van der Waals surface area contributed by atoms with Crippen molar-refractivity contribution in [1.82, 2.24) is 4.90 Å². The van der Waals surface area contributed by atoms with Crippen molar-refractivity contribution < 1.29 is 19.4 Å². The van der Waals surface area contributed by atoms with Crippen LogP contribution in [0.1, 0.15) is 29.6 Å². The average molecular weight is 263 g/mol. The number of likely N-dealkylation sites (tertiary alicyclic amines) is 1. The van der Waals surface area contributed by atoms with Crippen LogP contribution in [0.3, 0.4) is 0 Å². The summed E-state index contributed by atoms with van der Waals surface area (Å²) in [5.41, 5.74) is 0.0777. The highest BCUT2D eigenvalue weighted by Crippen LogP contribution is 2.18. The molecule has 1 heterocycles. The minimum Gasteiger partial charge on any atom is -0.483 e. The minimum absolute atomic E-state index is 0.0777. The summed E-state index contributed by atoms with van der Waals surface area (Å²) in [5.74, 6) is -0.902. The van der Waals surface area contributed by atoms with Crippen molar-refractivity contribution in [1.29, 1.82) is 0 Å². The average Bonchev–Trinajstić information content (AvgIpc) is 2.46. The van der Waals surface area contributed by atoms with Gasteiger partial charge in [0.2, 0.25) is 0 Å². The number of para-hydroxylation sites is 1. The number of rotatable bonds is 4. The van der Waals surface area contributed by atoms with Crippen LogP contribution in [0.2, 0.25) is 0 Å². The van der Waals surface area contributed by atoms with Crippen LogP contribution >= 0.6 is 0 Å². The molecule has 19 heavy (non-hydrogen) atoms. The third-order valence-electron chi connectivity index (χ3n) is 3.18. The number of carbonyl (C=O) groups excluding carboxylic acids is 1. The molecule has 0 aromatic heterocycles. The number of benzene rings is 1. The lowest BCUT2D eigenvalue weighted by molar-refractivity contribution is -0.134. The SMILES string of the molecule is O=C(O)c1ccccc1OCC(=O)N1CCCCC1. The standard InChI is InChI=1S/C14H17NO4/c16-13(15-8-4-1-5-9-15)10-19-12-7-3-2-6-11(12)14(17)18/h2-3,6-7H,1,4-5,8-10H2,(H,17,18). The Morgan fingerprint density at radius 2 is 1.84 bits per heavy atom. The highest BCUT2D eigenvalue weighted by Gasteiger charge is 2.18. The summed E-state index contributed by atoms with van der Waals surface area (Å²) >= 11 is 0. The second-order valence-electron chi connectivity index (χ2n) is 4.53. The fraction of sp³-hybridized carbons (Fsp3) is 0.429. The zero-order valence-corrected chi connectivity index (χ0v) is 10.7. The van der Waals surface area contributed by atoms with Gasteiger partial charge in [0.15, 0.2) is 6.61 Å². The van der Waals surface area contributed by atoms with Crippen LogP contribution in [-0.2, 0) is 4.79 Å². The molecule has 0 atom stereocenters. The normalized spacial score (nSPS) is 15.1. The molecule has 5 nitrogen and oxygen atoms in total. The molecule has 0 radical (unpaired) electrons. The molecule has 1 N–H and O–H groups in total. The van der Waals surface area contributed by atoms with Crippen molar-refractivity contribution in [2.24, 2.45) is 0 Å². The number of carboxylic acids is 1. The third-order valence-corrected chi connectivity index (χ3v) is 3.18. The van der Waals surface area contributed by atoms with Gasteiger partial charge in [0.05, 0.1) is 0 Å². The molecular weight excluding hydrogens is 246 g/mol. The van der Waals surface area contributed by atoms with Crippen LogP contribution < -0.4 is 4.74 Å². The lowest BCUT2D eigenvalue weighted by Gasteiger charge is -2.26. The van der Waals surface area contributed by atoms with Gasteiger partial charge in [-0.1, -0.05) is 12.1 Å². The maximum absolute atomic E-state index is 11.9. The topological polar surface area (TPSA) is 66.8 Å². The molecule has 1 aromatic carbocycles. The third kappa shape index (κ3) is 3.47. The van der Waals surface area contributed by atoms with Gasteiger partial charge in [-0.3, -0.25) is 4.79 Å². The van der Waals surface area contributed by atoms with Gasteiger partial charge in [0, 0.05) is 13.1 Å². The van der Waals surface area contributed by atoms with E-state index in [0.29, 0.717) is 0 Å². The van der Waals surface area contributed by atoms with Gasteiger partial charge in [-0.25, -0.2) is 4.79 Å². The Balaban J connectivity index is 1.94. The predicted molar refractivity (Wildman–Crippen MR) is 69.3 cm³/mol. The molecule has 5 heteroatoms. The highest BCUT2D eigenvalue weighted by molar-refractivity contribution is 5.91. The monoisotopic (exact) mass is 263 g/mol. The van der Waals surface area contributed by atoms with E-state index in [1.54, 1.807) is 23.1 Å². The number of nitrogens with zero attached hydrogens (tertiary/aromatic N) is 1. The van der Waals surface area contributed by atoms with Crippen LogP contribution in [-0.4, -0.2) is 41.6 Å². The second-order valence-corrected chi connectivity index (χ2v) is 4.53. The number of carbonyl (C=O) groups is 2. The largest absolute Gasteiger partial charge is 0.483 e. The molecule has 0 bridgehead atoms. The molecular formula is C14H17NO4. The van der Waals surface area contributed by atoms with Crippen LogP contribution in [0.15, 0.2) is 24.3 Å². The Morgan fingerprint density at radius 3 is 2.53 bits per heavy atom. The quantitative estimate of drug-likeness (QED) is 0.899. The molecule has 0 unspecified atom stereocenters. The van der Waals surface area contributed by atoms with Gasteiger partial charge in [0.25, 0.3) is 5.91 Å². The van der Waals surface area contributed by atoms with Crippen LogP contribution in [0.25, 0.3) is 0 Å². The van der Waals surface area contributed by atoms with Crippen molar-refractivity contribution in [3.8, 4) is 5.75 Å². The fourth-order valence-corrected chi connectivity index (χ4v) is 2.14. The molecule has 1 aromatic rings. The van der Waals surface area contributed by atoms with Crippen molar-refractivity contribution >= 4 is 11.9 Å². The molecule has 1 amide bonds. The van der Waals surface area contributed by atoms with Gasteiger partial charge >= 0.3 is 5.97 Å². The van der Waals surface area contributed by atoms with Crippen molar-refractivity contribution in [3.05, 3.63) is 29.8 Å². The van der Waals surface area contributed by atoms with E-state index in [0.717, 1.165) is 32.4 Å². The van der Waals surface area contributed by atoms with E-state index in [1.165, 1.54) is 6.07 Å². The first-order valence-electron chi connectivity index (χ1n) is 6.41. The fourth-order valence-electron chi connectivity index (χ4n) is 2.14. The van der Waals surface area contributed by atoms with Crippen LogP contribution in [0, 0.1) is 0 Å². The molecule has 102 valence electrons. The summed E-state index contributed by atoms with van der Waals surface area (Å²) in [5, 5.41) is 9.00. The zero-order valence-electron chi connectivity index (χ0n) is 10.7. The van der Waals surface area contributed by atoms with Gasteiger partial charge < -0.3 is 14.7 Å². The van der Waals surface area contributed by atoms with E-state index >= 15 is 0 Å². The molecule has 2 rings (SSSR count). The number of ether oxygens (including phenoxy) is 1. The maximum Gasteiger partial charge on any atom is 0.339 e. The lowest BCUT2D eigenvalue weighted by Crippen LogP contribution is -2.38. The molecule has 1 fully saturated rings. The van der Waals surface area contributed by atoms with Gasteiger partial charge in [-0.15, -0.1) is 0 Å². The Morgan fingerprint density at radius 1 is 1.16 bits per heavy atom.